The number of fused-ring (bicyclic) bond motifs is 4. The number of allylic oxidation sites excluding steroid dienone is 1. The van der Waals surface area contributed by atoms with Crippen molar-refractivity contribution in [1.82, 2.24) is 0 Å². The van der Waals surface area contributed by atoms with Crippen LogP contribution in [-0.2, 0) is 23.4 Å². The fraction of sp³-hybridized carbons (Fsp3) is 0.125. The lowest BCUT2D eigenvalue weighted by Gasteiger charge is -2.30. The molecule has 0 bridgehead atoms. The molecule has 0 unspecified atom stereocenters. The van der Waals surface area contributed by atoms with E-state index >= 15 is 0 Å². The molecule has 0 spiro atoms. The van der Waals surface area contributed by atoms with Crippen LogP contribution in [0.25, 0.3) is 39.1 Å². The molecule has 1 aliphatic carbocycles. The predicted molar refractivity (Wildman–Crippen MR) is 212 cm³/mol. The van der Waals surface area contributed by atoms with Gasteiger partial charge in [0.1, 0.15) is 6.61 Å². The number of anilines is 3. The number of benzene rings is 7. The summed E-state index contributed by atoms with van der Waals surface area (Å²) in [6.45, 7) is 7.08. The van der Waals surface area contributed by atoms with Gasteiger partial charge in [-0.25, -0.2) is 0 Å². The first-order valence-corrected chi connectivity index (χ1v) is 17.6. The van der Waals surface area contributed by atoms with Crippen LogP contribution in [0.5, 0.6) is 0 Å². The lowest BCUT2D eigenvalue weighted by molar-refractivity contribution is 0.199. The van der Waals surface area contributed by atoms with E-state index in [1.54, 1.807) is 0 Å². The number of hydrogen-bond donors (Lipinski definition) is 1. The summed E-state index contributed by atoms with van der Waals surface area (Å²) in [6.07, 6.45) is 2.07. The molecule has 0 saturated heterocycles. The highest BCUT2D eigenvalue weighted by Gasteiger charge is 2.35. The molecule has 7 aromatic rings. The van der Waals surface area contributed by atoms with Crippen LogP contribution in [0.3, 0.4) is 0 Å². The van der Waals surface area contributed by atoms with Crippen molar-refractivity contribution < 1.29 is 9.84 Å². The second-order valence-electron chi connectivity index (χ2n) is 13.9. The topological polar surface area (TPSA) is 32.7 Å². The van der Waals surface area contributed by atoms with E-state index in [4.69, 9.17) is 4.74 Å². The third kappa shape index (κ3) is 6.11. The number of rotatable bonds is 9. The molecule has 250 valence electrons. The molecule has 7 aromatic carbocycles. The summed E-state index contributed by atoms with van der Waals surface area (Å²) in [4.78, 5) is 2.41. The van der Waals surface area contributed by atoms with Crippen LogP contribution in [0.1, 0.15) is 48.6 Å². The van der Waals surface area contributed by atoms with Gasteiger partial charge in [0.25, 0.3) is 0 Å². The van der Waals surface area contributed by atoms with Crippen molar-refractivity contribution in [1.29, 1.82) is 0 Å². The van der Waals surface area contributed by atoms with Crippen molar-refractivity contribution in [3.63, 3.8) is 0 Å². The van der Waals surface area contributed by atoms with E-state index in [2.05, 4.69) is 158 Å². The van der Waals surface area contributed by atoms with Crippen molar-refractivity contribution in [2.75, 3.05) is 4.90 Å². The zero-order valence-electron chi connectivity index (χ0n) is 29.3. The lowest BCUT2D eigenvalue weighted by Crippen LogP contribution is -2.16. The van der Waals surface area contributed by atoms with Crippen molar-refractivity contribution in [3.05, 3.63) is 191 Å². The first-order valence-electron chi connectivity index (χ1n) is 17.6. The summed E-state index contributed by atoms with van der Waals surface area (Å²) in [5.41, 5.74) is 13.9. The minimum atomic E-state index is -0.107. The van der Waals surface area contributed by atoms with Crippen molar-refractivity contribution in [2.45, 2.75) is 39.4 Å². The van der Waals surface area contributed by atoms with Gasteiger partial charge in [0, 0.05) is 22.4 Å². The maximum Gasteiger partial charge on any atom is 0.113 e. The van der Waals surface area contributed by atoms with Gasteiger partial charge in [-0.3, -0.25) is 0 Å². The van der Waals surface area contributed by atoms with Gasteiger partial charge in [0.2, 0.25) is 0 Å². The molecule has 3 heteroatoms. The molecule has 0 heterocycles. The second kappa shape index (κ2) is 13.4. The Morgan fingerprint density at radius 3 is 2.06 bits per heavy atom. The van der Waals surface area contributed by atoms with Crippen LogP contribution in [0.4, 0.5) is 17.1 Å². The third-order valence-electron chi connectivity index (χ3n) is 10.3. The number of hydrogen-bond acceptors (Lipinski definition) is 3. The molecule has 0 aromatic heterocycles. The molecule has 0 saturated carbocycles. The van der Waals surface area contributed by atoms with Gasteiger partial charge >= 0.3 is 0 Å². The van der Waals surface area contributed by atoms with Crippen molar-refractivity contribution in [3.8, 4) is 22.3 Å². The molecule has 1 aliphatic rings. The highest BCUT2D eigenvalue weighted by atomic mass is 16.5. The molecule has 3 nitrogen and oxygen atoms in total. The fourth-order valence-electron chi connectivity index (χ4n) is 7.59. The van der Waals surface area contributed by atoms with Crippen molar-refractivity contribution in [2.24, 2.45) is 0 Å². The monoisotopic (exact) mass is 663 g/mol. The average molecular weight is 664 g/mol. The van der Waals surface area contributed by atoms with E-state index in [1.165, 1.54) is 33.4 Å². The zero-order chi connectivity index (χ0) is 35.0. The summed E-state index contributed by atoms with van der Waals surface area (Å²) < 4.78 is 6.09. The summed E-state index contributed by atoms with van der Waals surface area (Å²) in [5.74, 6) is 0.823. The average Bonchev–Trinajstić information content (AvgIpc) is 3.40. The quantitative estimate of drug-likeness (QED) is 0.156. The Bertz CT molecular complexity index is 2410. The molecular weight excluding hydrogens is 623 g/mol. The van der Waals surface area contributed by atoms with Gasteiger partial charge in [0.15, 0.2) is 0 Å². The van der Waals surface area contributed by atoms with Crippen LogP contribution in [0.15, 0.2) is 163 Å². The van der Waals surface area contributed by atoms with Gasteiger partial charge in [-0.05, 0) is 105 Å². The number of nitrogens with zero attached hydrogens (tertiary/aromatic N) is 1. The maximum absolute atomic E-state index is 9.69. The Balaban J connectivity index is 1.19. The number of ether oxygens (including phenoxy) is 1. The van der Waals surface area contributed by atoms with Gasteiger partial charge in [-0.1, -0.05) is 135 Å². The zero-order valence-corrected chi connectivity index (χ0v) is 29.3. The molecule has 0 fully saturated rings. The molecule has 0 amide bonds. The first-order chi connectivity index (χ1) is 24.9. The van der Waals surface area contributed by atoms with Gasteiger partial charge < -0.3 is 14.7 Å². The summed E-state index contributed by atoms with van der Waals surface area (Å²) in [7, 11) is 0. The van der Waals surface area contributed by atoms with E-state index < -0.39 is 0 Å². The molecule has 8 rings (SSSR count). The molecule has 51 heavy (non-hydrogen) atoms. The maximum atomic E-state index is 9.69. The Labute approximate surface area is 300 Å². The first kappa shape index (κ1) is 32.3. The predicted octanol–water partition coefficient (Wildman–Crippen LogP) is 12.4. The largest absolute Gasteiger partial charge is 0.494 e. The van der Waals surface area contributed by atoms with Crippen LogP contribution >= 0.6 is 0 Å². The Morgan fingerprint density at radius 1 is 0.608 bits per heavy atom. The highest BCUT2D eigenvalue weighted by molar-refractivity contribution is 5.94. The number of para-hydroxylation sites is 1. The SMILES string of the molecule is CC(=Cc1ccc2cc(N(c3ccc4c(c3)C(C)(C)c3ccccc3-4)c3ccccc3-c3ccccc3)ccc2c1)OCc1ccccc1CO. The standard InChI is InChI=1S/C48H41NO2/c1-33(51-32-39-16-8-7-15-38(39)31-50)27-34-21-22-37-29-40(24-23-36(37)28-34)49(47-20-12-10-17-42(47)35-13-5-4-6-14-35)41-25-26-44-43-18-9-11-19-45(43)48(2,3)46(44)30-41/h4-30,50H,31-32H2,1-3H3. The van der Waals surface area contributed by atoms with Crippen LogP contribution < -0.4 is 4.90 Å². The van der Waals surface area contributed by atoms with Gasteiger partial charge in [-0.2, -0.15) is 0 Å². The van der Waals surface area contributed by atoms with Crippen LogP contribution in [-0.4, -0.2) is 5.11 Å². The second-order valence-corrected chi connectivity index (χ2v) is 13.9. The van der Waals surface area contributed by atoms with E-state index in [1.807, 2.05) is 31.2 Å². The smallest absolute Gasteiger partial charge is 0.113 e. The minimum absolute atomic E-state index is 0.00292. The van der Waals surface area contributed by atoms with E-state index in [-0.39, 0.29) is 12.0 Å². The van der Waals surface area contributed by atoms with Gasteiger partial charge in [-0.15, -0.1) is 0 Å². The molecule has 0 atom stereocenters. The normalized spacial score (nSPS) is 13.1. The molecule has 1 N–H and O–H groups in total. The summed E-state index contributed by atoms with van der Waals surface area (Å²) >= 11 is 0. The van der Waals surface area contributed by atoms with Crippen LogP contribution in [0, 0.1) is 0 Å². The minimum Gasteiger partial charge on any atom is -0.494 e. The van der Waals surface area contributed by atoms with E-state index in [9.17, 15) is 5.11 Å². The van der Waals surface area contributed by atoms with E-state index in [0.717, 1.165) is 50.3 Å². The highest BCUT2D eigenvalue weighted by Crippen LogP contribution is 2.51. The number of aliphatic hydroxyl groups is 1. The van der Waals surface area contributed by atoms with E-state index in [0.29, 0.717) is 6.61 Å². The fourth-order valence-corrected chi connectivity index (χ4v) is 7.59. The Hall–Kier alpha value is -5.90. The Kier molecular flexibility index (Phi) is 8.51. The molecule has 0 aliphatic heterocycles. The molecule has 0 radical (unpaired) electrons. The van der Waals surface area contributed by atoms with Gasteiger partial charge in [0.05, 0.1) is 18.1 Å². The number of aliphatic hydroxyl groups excluding tert-OH is 1. The molecular formula is C48H41NO2. The summed E-state index contributed by atoms with van der Waals surface area (Å²) in [6, 6.07) is 56.3. The van der Waals surface area contributed by atoms with Crippen LogP contribution in [0.2, 0.25) is 0 Å². The third-order valence-corrected chi connectivity index (χ3v) is 10.3. The Morgan fingerprint density at radius 2 is 1.24 bits per heavy atom. The summed E-state index contributed by atoms with van der Waals surface area (Å²) in [5, 5.41) is 12.0. The lowest BCUT2D eigenvalue weighted by atomic mass is 9.82. The van der Waals surface area contributed by atoms with Crippen molar-refractivity contribution >= 4 is 33.9 Å².